The number of nitrogens with zero attached hydrogens (tertiary/aromatic N) is 2. The molecule has 0 spiro atoms. The van der Waals surface area contributed by atoms with E-state index in [1.54, 1.807) is 20.8 Å². The van der Waals surface area contributed by atoms with Crippen LogP contribution in [0.1, 0.15) is 26.3 Å². The van der Waals surface area contributed by atoms with E-state index in [0.717, 1.165) is 0 Å². The van der Waals surface area contributed by atoms with Gasteiger partial charge in [-0.1, -0.05) is 0 Å². The third-order valence-electron chi connectivity index (χ3n) is 2.82. The van der Waals surface area contributed by atoms with Crippen molar-refractivity contribution in [1.29, 1.82) is 0 Å². The standard InChI is InChI=1S/C13H17FN2O3/c1-12(2,3)19-11(17)16-7-13(18,8-16)9-4-5-15-10(14)6-9/h4-6,18H,7-8H2,1-3H3. The van der Waals surface area contributed by atoms with Crippen LogP contribution in [0, 0.1) is 5.95 Å². The minimum atomic E-state index is -1.22. The van der Waals surface area contributed by atoms with Gasteiger partial charge in [0.25, 0.3) is 0 Å². The zero-order valence-corrected chi connectivity index (χ0v) is 11.2. The lowest BCUT2D eigenvalue weighted by molar-refractivity contribution is -0.103. The first-order valence-electron chi connectivity index (χ1n) is 6.02. The van der Waals surface area contributed by atoms with E-state index in [4.69, 9.17) is 4.74 Å². The highest BCUT2D eigenvalue weighted by Gasteiger charge is 2.46. The normalized spacial score (nSPS) is 17.8. The molecule has 0 saturated carbocycles. The molecule has 6 heteroatoms. The third kappa shape index (κ3) is 3.01. The Kier molecular flexibility index (Phi) is 3.22. The second-order valence-corrected chi connectivity index (χ2v) is 5.74. The van der Waals surface area contributed by atoms with E-state index < -0.39 is 23.2 Å². The molecule has 1 aromatic rings. The Labute approximate surface area is 111 Å². The number of β-amino-alcohol motifs (C(OH)–C–C–N with tert-alkyl or cyclic N) is 1. The molecule has 1 aliphatic heterocycles. The Morgan fingerprint density at radius 2 is 2.16 bits per heavy atom. The maximum absolute atomic E-state index is 13.0. The van der Waals surface area contributed by atoms with Gasteiger partial charge in [-0.2, -0.15) is 4.39 Å². The number of carbonyl (C=O) groups is 1. The molecule has 5 nitrogen and oxygen atoms in total. The fraction of sp³-hybridized carbons (Fsp3) is 0.538. The minimum absolute atomic E-state index is 0.0887. The molecule has 1 fully saturated rings. The molecular formula is C13H17FN2O3. The summed E-state index contributed by atoms with van der Waals surface area (Å²) in [6.07, 6.45) is 0.811. The summed E-state index contributed by atoms with van der Waals surface area (Å²) >= 11 is 0. The summed E-state index contributed by atoms with van der Waals surface area (Å²) in [5.74, 6) is -0.651. The van der Waals surface area contributed by atoms with E-state index in [1.165, 1.54) is 23.2 Å². The zero-order valence-electron chi connectivity index (χ0n) is 11.2. The van der Waals surface area contributed by atoms with Crippen LogP contribution in [0.5, 0.6) is 0 Å². The lowest BCUT2D eigenvalue weighted by Gasteiger charge is -2.46. The molecule has 2 heterocycles. The van der Waals surface area contributed by atoms with Gasteiger partial charge in [0.05, 0.1) is 13.1 Å². The third-order valence-corrected chi connectivity index (χ3v) is 2.82. The Hall–Kier alpha value is -1.69. The van der Waals surface area contributed by atoms with E-state index >= 15 is 0 Å². The molecule has 1 aliphatic rings. The molecule has 0 bridgehead atoms. The van der Waals surface area contributed by atoms with Crippen LogP contribution < -0.4 is 0 Å². The molecule has 19 heavy (non-hydrogen) atoms. The number of hydrogen-bond donors (Lipinski definition) is 1. The number of aliphatic hydroxyl groups is 1. The van der Waals surface area contributed by atoms with Crippen LogP contribution in [0.25, 0.3) is 0 Å². The highest BCUT2D eigenvalue weighted by Crippen LogP contribution is 2.32. The van der Waals surface area contributed by atoms with Crippen molar-refractivity contribution in [3.05, 3.63) is 29.8 Å². The van der Waals surface area contributed by atoms with Crippen molar-refractivity contribution < 1.29 is 19.0 Å². The molecule has 0 atom stereocenters. The Balaban J connectivity index is 2.00. The number of likely N-dealkylation sites (tertiary alicyclic amines) is 1. The van der Waals surface area contributed by atoms with Gasteiger partial charge in [0.2, 0.25) is 5.95 Å². The maximum Gasteiger partial charge on any atom is 0.410 e. The van der Waals surface area contributed by atoms with Crippen LogP contribution in [0.3, 0.4) is 0 Å². The van der Waals surface area contributed by atoms with Crippen LogP contribution in [0.2, 0.25) is 0 Å². The van der Waals surface area contributed by atoms with Gasteiger partial charge in [-0.15, -0.1) is 0 Å². The summed E-state index contributed by atoms with van der Waals surface area (Å²) in [6.45, 7) is 5.50. The topological polar surface area (TPSA) is 62.7 Å². The molecule has 104 valence electrons. The average molecular weight is 268 g/mol. The van der Waals surface area contributed by atoms with Crippen LogP contribution >= 0.6 is 0 Å². The van der Waals surface area contributed by atoms with Gasteiger partial charge in [0, 0.05) is 6.20 Å². The van der Waals surface area contributed by atoms with E-state index in [2.05, 4.69) is 4.98 Å². The number of pyridine rings is 1. The van der Waals surface area contributed by atoms with Crippen molar-refractivity contribution >= 4 is 6.09 Å². The van der Waals surface area contributed by atoms with Crippen molar-refractivity contribution in [3.8, 4) is 0 Å². The molecule has 0 radical (unpaired) electrons. The quantitative estimate of drug-likeness (QED) is 0.787. The fourth-order valence-electron chi connectivity index (χ4n) is 1.92. The van der Waals surface area contributed by atoms with Gasteiger partial charge in [-0.3, -0.25) is 0 Å². The smallest absolute Gasteiger partial charge is 0.410 e. The van der Waals surface area contributed by atoms with E-state index in [0.29, 0.717) is 5.56 Å². The van der Waals surface area contributed by atoms with E-state index in [9.17, 15) is 14.3 Å². The number of hydrogen-bond acceptors (Lipinski definition) is 4. The Morgan fingerprint density at radius 3 is 2.68 bits per heavy atom. The lowest BCUT2D eigenvalue weighted by Crippen LogP contribution is -2.61. The summed E-state index contributed by atoms with van der Waals surface area (Å²) in [5, 5.41) is 10.3. The molecule has 2 rings (SSSR count). The van der Waals surface area contributed by atoms with Crippen molar-refractivity contribution in [2.45, 2.75) is 32.0 Å². The van der Waals surface area contributed by atoms with Gasteiger partial charge in [-0.05, 0) is 38.5 Å². The molecular weight excluding hydrogens is 251 g/mol. The first kappa shape index (κ1) is 13.7. The monoisotopic (exact) mass is 268 g/mol. The molecule has 1 N–H and O–H groups in total. The zero-order chi connectivity index (χ0) is 14.3. The minimum Gasteiger partial charge on any atom is -0.444 e. The van der Waals surface area contributed by atoms with Crippen molar-refractivity contribution in [3.63, 3.8) is 0 Å². The van der Waals surface area contributed by atoms with Gasteiger partial charge in [0.1, 0.15) is 11.2 Å². The molecule has 1 amide bonds. The van der Waals surface area contributed by atoms with Crippen LogP contribution in [0.15, 0.2) is 18.3 Å². The second kappa shape index (κ2) is 4.45. The second-order valence-electron chi connectivity index (χ2n) is 5.74. The van der Waals surface area contributed by atoms with Crippen molar-refractivity contribution in [2.24, 2.45) is 0 Å². The molecule has 0 unspecified atom stereocenters. The fourth-order valence-corrected chi connectivity index (χ4v) is 1.92. The first-order valence-corrected chi connectivity index (χ1v) is 6.02. The summed E-state index contributed by atoms with van der Waals surface area (Å²) in [4.78, 5) is 16.5. The summed E-state index contributed by atoms with van der Waals surface area (Å²) in [6, 6.07) is 2.71. The van der Waals surface area contributed by atoms with E-state index in [-0.39, 0.29) is 13.1 Å². The Bertz CT molecular complexity index is 493. The van der Waals surface area contributed by atoms with Gasteiger partial charge in [-0.25, -0.2) is 9.78 Å². The largest absolute Gasteiger partial charge is 0.444 e. The highest BCUT2D eigenvalue weighted by molar-refractivity contribution is 5.70. The van der Waals surface area contributed by atoms with E-state index in [1.807, 2.05) is 0 Å². The predicted octanol–water partition coefficient (Wildman–Crippen LogP) is 1.66. The van der Waals surface area contributed by atoms with Crippen molar-refractivity contribution in [1.82, 2.24) is 9.88 Å². The number of carbonyl (C=O) groups excluding carboxylic acids is 1. The number of amides is 1. The maximum atomic E-state index is 13.0. The van der Waals surface area contributed by atoms with Gasteiger partial charge < -0.3 is 14.7 Å². The average Bonchev–Trinajstić information content (AvgIpc) is 2.22. The van der Waals surface area contributed by atoms with Crippen LogP contribution in [0.4, 0.5) is 9.18 Å². The van der Waals surface area contributed by atoms with Gasteiger partial charge >= 0.3 is 6.09 Å². The summed E-state index contributed by atoms with van der Waals surface area (Å²) < 4.78 is 18.2. The highest BCUT2D eigenvalue weighted by atomic mass is 19.1. The number of rotatable bonds is 1. The number of aromatic nitrogens is 1. The summed E-state index contributed by atoms with van der Waals surface area (Å²) in [5.41, 5.74) is -1.38. The van der Waals surface area contributed by atoms with Gasteiger partial charge in [0.15, 0.2) is 0 Å². The summed E-state index contributed by atoms with van der Waals surface area (Å²) in [7, 11) is 0. The number of ether oxygens (including phenoxy) is 1. The predicted molar refractivity (Wildman–Crippen MR) is 65.9 cm³/mol. The van der Waals surface area contributed by atoms with Crippen molar-refractivity contribution in [2.75, 3.05) is 13.1 Å². The van der Waals surface area contributed by atoms with Crippen LogP contribution in [-0.4, -0.2) is 39.8 Å². The molecule has 0 aliphatic carbocycles. The molecule has 1 aromatic heterocycles. The first-order chi connectivity index (χ1) is 8.70. The molecule has 0 aromatic carbocycles. The Morgan fingerprint density at radius 1 is 1.53 bits per heavy atom. The lowest BCUT2D eigenvalue weighted by atomic mass is 9.87. The molecule has 1 saturated heterocycles. The number of halogens is 1. The van der Waals surface area contributed by atoms with Crippen LogP contribution in [-0.2, 0) is 10.3 Å². The SMILES string of the molecule is CC(C)(C)OC(=O)N1CC(O)(c2ccnc(F)c2)C1.